The maximum Gasteiger partial charge on any atom is 0.909 e. The van der Waals surface area contributed by atoms with Crippen LogP contribution in [0.2, 0.25) is 0 Å². The summed E-state index contributed by atoms with van der Waals surface area (Å²) in [5.41, 5.74) is -0.00405. The van der Waals surface area contributed by atoms with Gasteiger partial charge in [-0.2, -0.15) is 0 Å². The normalized spacial score (nSPS) is 28.9. The van der Waals surface area contributed by atoms with Crippen LogP contribution in [0, 0.1) is 5.41 Å². The van der Waals surface area contributed by atoms with Crippen LogP contribution in [0.15, 0.2) is 24.3 Å². The molecule has 0 aliphatic carbocycles. The molecule has 19 heteroatoms. The van der Waals surface area contributed by atoms with E-state index in [4.69, 9.17) is 66.2 Å². The number of carbonyl (C=O) groups is 2. The summed E-state index contributed by atoms with van der Waals surface area (Å²) < 4.78 is 73.0. The zero-order valence-electron chi connectivity index (χ0n) is 40.6. The summed E-state index contributed by atoms with van der Waals surface area (Å²) in [5.74, 6) is 1.09. The van der Waals surface area contributed by atoms with Crippen LogP contribution in [0.25, 0.3) is 0 Å². The lowest BCUT2D eigenvalue weighted by Crippen LogP contribution is -2.49. The molecule has 0 N–H and O–H groups in total. The van der Waals surface area contributed by atoms with E-state index in [1.54, 1.807) is 7.05 Å². The number of carbonyl (C=O) groups excluding carboxylic acids is 2. The van der Waals surface area contributed by atoms with Crippen molar-refractivity contribution >= 4 is 19.2 Å². The van der Waals surface area contributed by atoms with Crippen LogP contribution in [0.5, 0.6) is 11.5 Å². The molecule has 1 aromatic rings. The lowest BCUT2D eigenvalue weighted by molar-refractivity contribution is -0.950. The Hall–Kier alpha value is -2.66. The van der Waals surface area contributed by atoms with Gasteiger partial charge in [-0.25, -0.2) is 9.59 Å². The second kappa shape index (κ2) is 24.9. The molecule has 0 aromatic heterocycles. The largest absolute Gasteiger partial charge is 0.909 e. The third kappa shape index (κ3) is 17.2. The highest BCUT2D eigenvalue weighted by molar-refractivity contribution is 6.45. The topological polar surface area (TPSA) is 163 Å². The molecule has 1 atom stereocenters. The highest BCUT2D eigenvalue weighted by Gasteiger charge is 2.65. The summed E-state index contributed by atoms with van der Waals surface area (Å²) in [6.07, 6.45) is 5.05. The van der Waals surface area contributed by atoms with Crippen molar-refractivity contribution in [3.8, 4) is 11.5 Å². The Morgan fingerprint density at radius 3 is 1.56 bits per heavy atom. The van der Waals surface area contributed by atoms with E-state index in [2.05, 4.69) is 41.5 Å². The molecule has 9 aliphatic rings. The van der Waals surface area contributed by atoms with Crippen molar-refractivity contribution in [3.63, 3.8) is 0 Å². The molecule has 64 heavy (non-hydrogen) atoms. The van der Waals surface area contributed by atoms with E-state index in [1.807, 2.05) is 52.0 Å². The summed E-state index contributed by atoms with van der Waals surface area (Å²) in [6, 6.07) is 7.63. The van der Waals surface area contributed by atoms with Gasteiger partial charge in [-0.15, -0.1) is 0 Å². The van der Waals surface area contributed by atoms with E-state index in [1.165, 1.54) is 19.4 Å². The fraction of sp³-hybridized carbons (Fsp3) is 0.822. The average Bonchev–Trinajstić information content (AvgIpc) is 4.08. The first kappa shape index (κ1) is 54.0. The molecule has 18 nitrogen and oxygen atoms in total. The van der Waals surface area contributed by atoms with Gasteiger partial charge in [-0.1, -0.05) is 39.3 Å². The lowest BCUT2D eigenvalue weighted by atomic mass is 9.90. The summed E-state index contributed by atoms with van der Waals surface area (Å²) >= 11 is 0. The highest BCUT2D eigenvalue weighted by Crippen LogP contribution is 2.34. The zero-order chi connectivity index (χ0) is 46.9. The standard InChI is InChI=1S/C9H18NO2.C7H6O2.2C7H14O2.C6H12O2.C5H7BNO4.C4H8O2/c1-2-3-4-10-5-7-11-9(10)12-8-6-10;1-2-4-7-6(3-1)8-5-9-7;1-6-4-7(2,3)9-5-8-6;1-6(2)7(3,4)9-5-8-6;1-6(2)3-7-5-8-4-6;1-7-2-4(8)10-6(7)11-5(9)3-7;1-2-5-4-6-3-1/h9H,2-8H2,1H3;1-4H,5H2;6H,4-5H2,1-3H3;5H2,1-4H3;3-5H2,1-2H3;2-3H2,1H3;1-4H2/q+1;;;;;+1;. The van der Waals surface area contributed by atoms with Gasteiger partial charge in [-0.05, 0) is 73.4 Å². The van der Waals surface area contributed by atoms with Crippen LogP contribution >= 0.6 is 0 Å². The minimum Gasteiger partial charge on any atom is -0.454 e. The Kier molecular flexibility index (Phi) is 21.0. The van der Waals surface area contributed by atoms with Crippen molar-refractivity contribution in [1.29, 1.82) is 0 Å². The van der Waals surface area contributed by atoms with Crippen molar-refractivity contribution in [1.82, 2.24) is 0 Å². The van der Waals surface area contributed by atoms with Crippen LogP contribution < -0.4 is 9.47 Å². The van der Waals surface area contributed by atoms with Gasteiger partial charge in [0.2, 0.25) is 6.79 Å². The van der Waals surface area contributed by atoms with Crippen molar-refractivity contribution < 1.29 is 84.6 Å². The van der Waals surface area contributed by atoms with Crippen molar-refractivity contribution in [2.24, 2.45) is 5.41 Å². The average molecular weight is 915 g/mol. The number of nitrogens with zero attached hydrogens (tertiary/aromatic N) is 2. The molecule has 0 bridgehead atoms. The zero-order valence-corrected chi connectivity index (χ0v) is 40.6. The molecule has 0 spiro atoms. The second-order valence-corrected chi connectivity index (χ2v) is 19.6. The number of hydrogen-bond donors (Lipinski definition) is 0. The van der Waals surface area contributed by atoms with Gasteiger partial charge < -0.3 is 56.7 Å². The molecule has 10 rings (SSSR count). The molecule has 8 fully saturated rings. The summed E-state index contributed by atoms with van der Waals surface area (Å²) in [5, 5.41) is 0. The van der Waals surface area contributed by atoms with Gasteiger partial charge in [0.15, 0.2) is 24.6 Å². The highest BCUT2D eigenvalue weighted by atomic mass is 16.7. The van der Waals surface area contributed by atoms with Crippen LogP contribution in [0.1, 0.15) is 94.9 Å². The predicted molar refractivity (Wildman–Crippen MR) is 234 cm³/mol. The monoisotopic (exact) mass is 915 g/mol. The van der Waals surface area contributed by atoms with Crippen molar-refractivity contribution in [2.45, 2.75) is 124 Å². The summed E-state index contributed by atoms with van der Waals surface area (Å²) in [4.78, 5) is 21.5. The van der Waals surface area contributed by atoms with Crippen LogP contribution in [-0.2, 0) is 66.3 Å². The molecule has 9 aliphatic heterocycles. The first-order chi connectivity index (χ1) is 30.2. The molecular formula is C45H79BN2O16+2. The molecule has 0 amide bonds. The molecule has 0 radical (unpaired) electrons. The maximum atomic E-state index is 10.7. The Morgan fingerprint density at radius 1 is 0.672 bits per heavy atom. The van der Waals surface area contributed by atoms with Crippen LogP contribution in [-0.4, -0.2) is 171 Å². The second-order valence-electron chi connectivity index (χ2n) is 19.6. The Bertz CT molecular complexity index is 1470. The number of rotatable bonds is 3. The van der Waals surface area contributed by atoms with Gasteiger partial charge >= 0.3 is 25.6 Å². The van der Waals surface area contributed by atoms with Gasteiger partial charge in [0, 0.05) is 11.8 Å². The molecule has 366 valence electrons. The van der Waals surface area contributed by atoms with Crippen molar-refractivity contribution in [2.75, 3.05) is 113 Å². The first-order valence-electron chi connectivity index (χ1n) is 22.7. The van der Waals surface area contributed by atoms with Gasteiger partial charge in [0.1, 0.15) is 53.5 Å². The van der Waals surface area contributed by atoms with E-state index in [9.17, 15) is 9.59 Å². The Balaban J connectivity index is 0.000000165. The number of benzene rings is 1. The van der Waals surface area contributed by atoms with E-state index < -0.39 is 7.25 Å². The fourth-order valence-corrected chi connectivity index (χ4v) is 7.35. The van der Waals surface area contributed by atoms with E-state index in [-0.39, 0.29) is 58.1 Å². The number of ether oxygens (including phenoxy) is 12. The third-order valence-electron chi connectivity index (χ3n) is 12.0. The Labute approximate surface area is 381 Å². The minimum atomic E-state index is -0.685. The first-order valence-corrected chi connectivity index (χ1v) is 22.7. The van der Waals surface area contributed by atoms with Gasteiger partial charge in [-0.3, -0.25) is 18.4 Å². The number of hydrogen-bond acceptors (Lipinski definition) is 16. The van der Waals surface area contributed by atoms with Crippen LogP contribution in [0.3, 0.4) is 0 Å². The van der Waals surface area contributed by atoms with Crippen LogP contribution in [0.4, 0.5) is 0 Å². The number of likely N-dealkylation sites (N-methyl/N-ethyl adjacent to an activating group) is 1. The van der Waals surface area contributed by atoms with E-state index in [0.29, 0.717) is 40.1 Å². The summed E-state index contributed by atoms with van der Waals surface area (Å²) in [6.45, 7) is 32.3. The fourth-order valence-electron chi connectivity index (χ4n) is 7.35. The number of quaternary nitrogens is 2. The number of fused-ring (bicyclic) bond motifs is 3. The van der Waals surface area contributed by atoms with E-state index in [0.717, 1.165) is 81.6 Å². The smallest absolute Gasteiger partial charge is 0.454 e. The van der Waals surface area contributed by atoms with Gasteiger partial charge in [0.05, 0.1) is 62.9 Å². The van der Waals surface area contributed by atoms with Gasteiger partial charge in [0.25, 0.3) is 0 Å². The number of para-hydroxylation sites is 2. The number of unbranched alkanes of at least 4 members (excludes halogenated alkanes) is 1. The van der Waals surface area contributed by atoms with Crippen molar-refractivity contribution in [3.05, 3.63) is 24.3 Å². The molecule has 9 heterocycles. The molecular weight excluding hydrogens is 835 g/mol. The summed E-state index contributed by atoms with van der Waals surface area (Å²) in [7, 11) is 1.08. The quantitative estimate of drug-likeness (QED) is 0.280. The lowest BCUT2D eigenvalue weighted by Gasteiger charge is -2.33. The molecule has 1 unspecified atom stereocenters. The minimum absolute atomic E-state index is 0.0255. The Morgan fingerprint density at radius 2 is 1.20 bits per heavy atom. The molecule has 8 saturated heterocycles. The molecule has 1 aromatic carbocycles. The SMILES string of the molecule is C1COCOC1.CC1(C)COCOC1.CC1(C)OCOC1(C)C.CC1CC(C)(C)OCO1.CCCC[N+]12CCOC1OCC2.C[N+]12CC(=O)OB1OC(=O)C2.c1ccc2c(c1)OCO2. The predicted octanol–water partition coefficient (Wildman–Crippen LogP) is 5.39. The maximum absolute atomic E-state index is 10.7. The molecule has 0 saturated carbocycles. The third-order valence-corrected chi connectivity index (χ3v) is 12.0. The van der Waals surface area contributed by atoms with E-state index >= 15 is 0 Å².